The van der Waals surface area contributed by atoms with E-state index in [-0.39, 0.29) is 18.9 Å². The molecular formula is C20H29ClN2O5. The van der Waals surface area contributed by atoms with E-state index >= 15 is 0 Å². The number of carboxylic acid groups (broad SMARTS) is 1. The first-order chi connectivity index (χ1) is 12.9. The molecule has 0 aliphatic rings. The van der Waals surface area contributed by atoms with Crippen molar-refractivity contribution in [3.05, 3.63) is 34.9 Å². The zero-order valence-electron chi connectivity index (χ0n) is 16.9. The van der Waals surface area contributed by atoms with Crippen LogP contribution in [0.25, 0.3) is 0 Å². The van der Waals surface area contributed by atoms with Crippen molar-refractivity contribution < 1.29 is 24.2 Å². The minimum Gasteiger partial charge on any atom is -0.481 e. The summed E-state index contributed by atoms with van der Waals surface area (Å²) in [5.41, 5.74) is 0.0804. The van der Waals surface area contributed by atoms with Gasteiger partial charge in [-0.1, -0.05) is 37.6 Å². The van der Waals surface area contributed by atoms with E-state index in [4.69, 9.17) is 16.3 Å². The summed E-state index contributed by atoms with van der Waals surface area (Å²) in [6.07, 6.45) is -0.825. The molecule has 0 aliphatic heterocycles. The van der Waals surface area contributed by atoms with Gasteiger partial charge in [0.25, 0.3) is 0 Å². The number of ether oxygens (including phenoxy) is 1. The average molecular weight is 413 g/mol. The van der Waals surface area contributed by atoms with Gasteiger partial charge in [0.1, 0.15) is 11.6 Å². The largest absolute Gasteiger partial charge is 0.481 e. The molecule has 0 fully saturated rings. The Morgan fingerprint density at radius 1 is 1.14 bits per heavy atom. The van der Waals surface area contributed by atoms with E-state index in [0.29, 0.717) is 5.02 Å². The molecule has 0 heterocycles. The van der Waals surface area contributed by atoms with Gasteiger partial charge in [-0.05, 0) is 44.4 Å². The van der Waals surface area contributed by atoms with Crippen molar-refractivity contribution in [1.82, 2.24) is 10.6 Å². The minimum absolute atomic E-state index is 0.117. The fourth-order valence-electron chi connectivity index (χ4n) is 2.56. The van der Waals surface area contributed by atoms with Crippen molar-refractivity contribution in [2.75, 3.05) is 6.54 Å². The molecule has 156 valence electrons. The maximum atomic E-state index is 12.6. The van der Waals surface area contributed by atoms with E-state index in [1.807, 2.05) is 0 Å². The second-order valence-electron chi connectivity index (χ2n) is 7.96. The first-order valence-corrected chi connectivity index (χ1v) is 9.51. The molecule has 0 spiro atoms. The highest BCUT2D eigenvalue weighted by Crippen LogP contribution is 2.21. The number of alkyl carbamates (subject to hydrolysis) is 1. The predicted molar refractivity (Wildman–Crippen MR) is 107 cm³/mol. The molecule has 0 unspecified atom stereocenters. The van der Waals surface area contributed by atoms with Crippen LogP contribution in [0.1, 0.15) is 52.5 Å². The summed E-state index contributed by atoms with van der Waals surface area (Å²) in [7, 11) is 0. The third-order valence-electron chi connectivity index (χ3n) is 3.91. The number of hydrogen-bond donors (Lipinski definition) is 3. The Labute approximate surface area is 170 Å². The Balaban J connectivity index is 2.80. The number of carboxylic acids is 1. The zero-order chi connectivity index (χ0) is 21.5. The molecule has 2 amide bonds. The molecule has 28 heavy (non-hydrogen) atoms. The summed E-state index contributed by atoms with van der Waals surface area (Å²) in [6, 6.07) is 6.02. The summed E-state index contributed by atoms with van der Waals surface area (Å²) >= 11 is 5.88. The molecule has 1 rings (SSSR count). The number of aliphatic carboxylic acids is 1. The number of benzene rings is 1. The molecule has 0 saturated carbocycles. The van der Waals surface area contributed by atoms with Gasteiger partial charge in [-0.25, -0.2) is 4.79 Å². The van der Waals surface area contributed by atoms with E-state index in [0.717, 1.165) is 5.56 Å². The molecule has 0 aromatic heterocycles. The predicted octanol–water partition coefficient (Wildman–Crippen LogP) is 3.56. The molecule has 0 aliphatic carbocycles. The lowest BCUT2D eigenvalue weighted by molar-refractivity contribution is -0.137. The van der Waals surface area contributed by atoms with Crippen LogP contribution < -0.4 is 10.6 Å². The van der Waals surface area contributed by atoms with Crippen molar-refractivity contribution in [3.63, 3.8) is 0 Å². The van der Waals surface area contributed by atoms with Gasteiger partial charge in [-0.3, -0.25) is 9.59 Å². The van der Waals surface area contributed by atoms with Crippen LogP contribution in [-0.4, -0.2) is 41.3 Å². The Morgan fingerprint density at radius 3 is 2.18 bits per heavy atom. The van der Waals surface area contributed by atoms with E-state index in [1.54, 1.807) is 58.9 Å². The van der Waals surface area contributed by atoms with Gasteiger partial charge in [0, 0.05) is 17.5 Å². The first kappa shape index (κ1) is 23.8. The maximum Gasteiger partial charge on any atom is 0.408 e. The van der Waals surface area contributed by atoms with Crippen LogP contribution in [0.5, 0.6) is 0 Å². The molecule has 7 nitrogen and oxygen atoms in total. The Hall–Kier alpha value is -2.28. The second kappa shape index (κ2) is 10.3. The molecule has 0 bridgehead atoms. The lowest BCUT2D eigenvalue weighted by Gasteiger charge is -2.26. The van der Waals surface area contributed by atoms with Crippen LogP contribution in [0.3, 0.4) is 0 Å². The Morgan fingerprint density at radius 2 is 1.71 bits per heavy atom. The lowest BCUT2D eigenvalue weighted by Crippen LogP contribution is -2.51. The van der Waals surface area contributed by atoms with Gasteiger partial charge in [0.2, 0.25) is 5.91 Å². The summed E-state index contributed by atoms with van der Waals surface area (Å²) in [5.74, 6) is -1.97. The van der Waals surface area contributed by atoms with Crippen molar-refractivity contribution in [3.8, 4) is 0 Å². The number of amides is 2. The van der Waals surface area contributed by atoms with Crippen LogP contribution in [0.15, 0.2) is 24.3 Å². The maximum absolute atomic E-state index is 12.6. The molecule has 0 saturated heterocycles. The van der Waals surface area contributed by atoms with Gasteiger partial charge in [0.15, 0.2) is 0 Å². The van der Waals surface area contributed by atoms with Crippen LogP contribution >= 0.6 is 11.6 Å². The quantitative estimate of drug-likeness (QED) is 0.605. The molecule has 3 N–H and O–H groups in total. The highest BCUT2D eigenvalue weighted by Gasteiger charge is 2.27. The van der Waals surface area contributed by atoms with Crippen molar-refractivity contribution >= 4 is 29.6 Å². The van der Waals surface area contributed by atoms with Crippen molar-refractivity contribution in [2.24, 2.45) is 5.92 Å². The fourth-order valence-corrected chi connectivity index (χ4v) is 2.68. The number of hydrogen-bond acceptors (Lipinski definition) is 4. The monoisotopic (exact) mass is 412 g/mol. The Kier molecular flexibility index (Phi) is 8.75. The third kappa shape index (κ3) is 8.61. The van der Waals surface area contributed by atoms with Crippen LogP contribution in [-0.2, 0) is 14.3 Å². The normalized spacial score (nSPS) is 13.5. The van der Waals surface area contributed by atoms with Gasteiger partial charge < -0.3 is 20.5 Å². The van der Waals surface area contributed by atoms with E-state index in [1.165, 1.54) is 0 Å². The summed E-state index contributed by atoms with van der Waals surface area (Å²) in [6.45, 7) is 8.93. The van der Waals surface area contributed by atoms with E-state index < -0.39 is 35.5 Å². The SMILES string of the molecule is CC(C)[C@H](NC(=O)OC(C)(C)C)C(=O)NC[C@H](CC(=O)O)c1ccc(Cl)cc1. The van der Waals surface area contributed by atoms with Crippen molar-refractivity contribution in [2.45, 2.75) is 58.6 Å². The zero-order valence-corrected chi connectivity index (χ0v) is 17.7. The summed E-state index contributed by atoms with van der Waals surface area (Å²) in [4.78, 5) is 35.8. The standard InChI is InChI=1S/C20H29ClN2O5/c1-12(2)17(23-19(27)28-20(3,4)5)18(26)22-11-14(10-16(24)25)13-6-8-15(21)9-7-13/h6-9,12,14,17H,10-11H2,1-5H3,(H,22,26)(H,23,27)(H,24,25)/t14-,17-/m0/s1. The van der Waals surface area contributed by atoms with Crippen LogP contribution in [0.2, 0.25) is 5.02 Å². The van der Waals surface area contributed by atoms with Gasteiger partial charge >= 0.3 is 12.1 Å². The minimum atomic E-state index is -0.971. The molecule has 8 heteroatoms. The fraction of sp³-hybridized carbons (Fsp3) is 0.550. The second-order valence-corrected chi connectivity index (χ2v) is 8.40. The number of nitrogens with one attached hydrogen (secondary N) is 2. The first-order valence-electron chi connectivity index (χ1n) is 9.13. The number of carbonyl (C=O) groups excluding carboxylic acids is 2. The van der Waals surface area contributed by atoms with E-state index in [9.17, 15) is 19.5 Å². The molecular weight excluding hydrogens is 384 g/mol. The van der Waals surface area contributed by atoms with Gasteiger partial charge in [-0.15, -0.1) is 0 Å². The highest BCUT2D eigenvalue weighted by molar-refractivity contribution is 6.30. The molecule has 0 radical (unpaired) electrons. The highest BCUT2D eigenvalue weighted by atomic mass is 35.5. The number of rotatable bonds is 8. The molecule has 2 atom stereocenters. The van der Waals surface area contributed by atoms with Crippen LogP contribution in [0, 0.1) is 5.92 Å². The number of carbonyl (C=O) groups is 3. The molecule has 1 aromatic rings. The Bertz CT molecular complexity index is 683. The topological polar surface area (TPSA) is 105 Å². The summed E-state index contributed by atoms with van der Waals surface area (Å²) < 4.78 is 5.21. The third-order valence-corrected chi connectivity index (χ3v) is 4.16. The van der Waals surface area contributed by atoms with Gasteiger partial charge in [-0.2, -0.15) is 0 Å². The number of halogens is 1. The average Bonchev–Trinajstić information content (AvgIpc) is 2.54. The van der Waals surface area contributed by atoms with Crippen LogP contribution in [0.4, 0.5) is 4.79 Å². The van der Waals surface area contributed by atoms with Gasteiger partial charge in [0.05, 0.1) is 6.42 Å². The summed E-state index contributed by atoms with van der Waals surface area (Å²) in [5, 5.41) is 15.0. The smallest absolute Gasteiger partial charge is 0.408 e. The molecule has 1 aromatic carbocycles. The lowest BCUT2D eigenvalue weighted by atomic mass is 9.95. The van der Waals surface area contributed by atoms with E-state index in [2.05, 4.69) is 10.6 Å². The van der Waals surface area contributed by atoms with Crippen molar-refractivity contribution in [1.29, 1.82) is 0 Å².